The number of likely N-dealkylation sites (tertiary alicyclic amines) is 2. The molecule has 2 aromatic rings. The fourth-order valence-corrected chi connectivity index (χ4v) is 3.94. The van der Waals surface area contributed by atoms with E-state index in [1.54, 1.807) is 11.1 Å². The summed E-state index contributed by atoms with van der Waals surface area (Å²) >= 11 is 5.92. The SMILES string of the molecule is O=C1CCCN1CC(=O)N1CCC[C@@H]1c1ncc(Cc2ccc(Cl)cc2)o1. The minimum absolute atomic E-state index is 0.0230. The van der Waals surface area contributed by atoms with E-state index >= 15 is 0 Å². The molecule has 1 aromatic heterocycles. The van der Waals surface area contributed by atoms with E-state index in [0.717, 1.165) is 30.6 Å². The summed E-state index contributed by atoms with van der Waals surface area (Å²) in [6.07, 6.45) is 5.50. The highest BCUT2D eigenvalue weighted by atomic mass is 35.5. The lowest BCUT2D eigenvalue weighted by molar-refractivity contribution is -0.139. The Morgan fingerprint density at radius 1 is 1.22 bits per heavy atom. The second-order valence-corrected chi connectivity index (χ2v) is 7.57. The summed E-state index contributed by atoms with van der Waals surface area (Å²) in [4.78, 5) is 32.4. The Morgan fingerprint density at radius 2 is 2.04 bits per heavy atom. The smallest absolute Gasteiger partial charge is 0.242 e. The third-order valence-electron chi connectivity index (χ3n) is 5.22. The van der Waals surface area contributed by atoms with Crippen LogP contribution in [0.15, 0.2) is 34.9 Å². The monoisotopic (exact) mass is 387 g/mol. The van der Waals surface area contributed by atoms with Gasteiger partial charge in [0.05, 0.1) is 12.7 Å². The number of benzene rings is 1. The summed E-state index contributed by atoms with van der Waals surface area (Å²) in [6.45, 7) is 1.52. The Hall–Kier alpha value is -2.34. The summed E-state index contributed by atoms with van der Waals surface area (Å²) in [6, 6.07) is 7.48. The Kier molecular flexibility index (Phi) is 5.16. The molecule has 0 spiro atoms. The average molecular weight is 388 g/mol. The van der Waals surface area contributed by atoms with Gasteiger partial charge in [-0.2, -0.15) is 0 Å². The van der Waals surface area contributed by atoms with Gasteiger partial charge in [0.25, 0.3) is 0 Å². The maximum Gasteiger partial charge on any atom is 0.242 e. The Labute approximate surface area is 163 Å². The fourth-order valence-electron chi connectivity index (χ4n) is 3.81. The van der Waals surface area contributed by atoms with Crippen LogP contribution in [0.2, 0.25) is 5.02 Å². The van der Waals surface area contributed by atoms with Gasteiger partial charge < -0.3 is 14.2 Å². The quantitative estimate of drug-likeness (QED) is 0.790. The zero-order valence-corrected chi connectivity index (χ0v) is 15.8. The van der Waals surface area contributed by atoms with E-state index in [1.807, 2.05) is 29.2 Å². The largest absolute Gasteiger partial charge is 0.443 e. The molecule has 7 heteroatoms. The van der Waals surface area contributed by atoms with Gasteiger partial charge in [-0.05, 0) is 37.0 Å². The number of oxazole rings is 1. The topological polar surface area (TPSA) is 66.7 Å². The standard InChI is InChI=1S/C20H22ClN3O3/c21-15-7-5-14(6-8-15)11-16-12-22-20(27-16)17-3-1-10-24(17)19(26)13-23-9-2-4-18(23)25/h5-8,12,17H,1-4,9-11,13H2/t17-/m1/s1. The van der Waals surface area contributed by atoms with Gasteiger partial charge in [-0.25, -0.2) is 4.98 Å². The van der Waals surface area contributed by atoms with Gasteiger partial charge in [0.1, 0.15) is 11.8 Å². The highest BCUT2D eigenvalue weighted by Crippen LogP contribution is 2.32. The summed E-state index contributed by atoms with van der Waals surface area (Å²) in [5.74, 6) is 1.39. The van der Waals surface area contributed by atoms with Crippen LogP contribution >= 0.6 is 11.6 Å². The van der Waals surface area contributed by atoms with Crippen molar-refractivity contribution in [2.45, 2.75) is 38.1 Å². The molecule has 6 nitrogen and oxygen atoms in total. The van der Waals surface area contributed by atoms with Crippen molar-refractivity contribution in [3.63, 3.8) is 0 Å². The number of rotatable bonds is 5. The summed E-state index contributed by atoms with van der Waals surface area (Å²) in [7, 11) is 0. The lowest BCUT2D eigenvalue weighted by Gasteiger charge is -2.25. The molecule has 3 heterocycles. The van der Waals surface area contributed by atoms with E-state index in [-0.39, 0.29) is 24.4 Å². The number of hydrogen-bond donors (Lipinski definition) is 0. The predicted octanol–water partition coefficient (Wildman–Crippen LogP) is 3.20. The summed E-state index contributed by atoms with van der Waals surface area (Å²) < 4.78 is 5.95. The average Bonchev–Trinajstić information content (AvgIpc) is 3.38. The number of hydrogen-bond acceptors (Lipinski definition) is 4. The first-order chi connectivity index (χ1) is 13.1. The first-order valence-electron chi connectivity index (χ1n) is 9.36. The highest BCUT2D eigenvalue weighted by molar-refractivity contribution is 6.30. The molecule has 2 fully saturated rings. The molecule has 2 saturated heterocycles. The van der Waals surface area contributed by atoms with Gasteiger partial charge in [0.2, 0.25) is 17.7 Å². The molecular formula is C20H22ClN3O3. The van der Waals surface area contributed by atoms with Crippen molar-refractivity contribution < 1.29 is 14.0 Å². The number of nitrogens with zero attached hydrogens (tertiary/aromatic N) is 3. The van der Waals surface area contributed by atoms with Crippen LogP contribution in [0.4, 0.5) is 0 Å². The Morgan fingerprint density at radius 3 is 2.78 bits per heavy atom. The molecule has 0 aliphatic carbocycles. The highest BCUT2D eigenvalue weighted by Gasteiger charge is 2.35. The van der Waals surface area contributed by atoms with Crippen LogP contribution < -0.4 is 0 Å². The molecular weight excluding hydrogens is 366 g/mol. The van der Waals surface area contributed by atoms with Gasteiger partial charge in [-0.3, -0.25) is 9.59 Å². The predicted molar refractivity (Wildman–Crippen MR) is 100 cm³/mol. The molecule has 0 saturated carbocycles. The molecule has 0 bridgehead atoms. The third kappa shape index (κ3) is 4.00. The van der Waals surface area contributed by atoms with Crippen molar-refractivity contribution in [1.29, 1.82) is 0 Å². The third-order valence-corrected chi connectivity index (χ3v) is 5.47. The first-order valence-corrected chi connectivity index (χ1v) is 9.74. The zero-order valence-electron chi connectivity index (χ0n) is 15.1. The van der Waals surface area contributed by atoms with E-state index in [9.17, 15) is 9.59 Å². The van der Waals surface area contributed by atoms with Crippen molar-refractivity contribution in [1.82, 2.24) is 14.8 Å². The second-order valence-electron chi connectivity index (χ2n) is 7.13. The number of amides is 2. The minimum atomic E-state index is -0.144. The molecule has 27 heavy (non-hydrogen) atoms. The number of aromatic nitrogens is 1. The van der Waals surface area contributed by atoms with E-state index < -0.39 is 0 Å². The molecule has 0 radical (unpaired) electrons. The van der Waals surface area contributed by atoms with Gasteiger partial charge in [-0.1, -0.05) is 23.7 Å². The maximum absolute atomic E-state index is 12.7. The van der Waals surface area contributed by atoms with Crippen LogP contribution in [0.25, 0.3) is 0 Å². The van der Waals surface area contributed by atoms with Crippen LogP contribution in [0, 0.1) is 0 Å². The van der Waals surface area contributed by atoms with Crippen LogP contribution in [-0.2, 0) is 16.0 Å². The van der Waals surface area contributed by atoms with E-state index in [4.69, 9.17) is 16.0 Å². The maximum atomic E-state index is 12.7. The first kappa shape index (κ1) is 18.0. The zero-order chi connectivity index (χ0) is 18.8. The van der Waals surface area contributed by atoms with Gasteiger partial charge in [0, 0.05) is 31.0 Å². The summed E-state index contributed by atoms with van der Waals surface area (Å²) in [5, 5.41) is 0.702. The molecule has 0 N–H and O–H groups in total. The van der Waals surface area contributed by atoms with Gasteiger partial charge in [-0.15, -0.1) is 0 Å². The minimum Gasteiger partial charge on any atom is -0.443 e. The molecule has 2 aliphatic heterocycles. The Balaban J connectivity index is 1.42. The van der Waals surface area contributed by atoms with Crippen LogP contribution in [0.1, 0.15) is 48.9 Å². The van der Waals surface area contributed by atoms with Crippen molar-refractivity contribution in [2.24, 2.45) is 0 Å². The summed E-state index contributed by atoms with van der Waals surface area (Å²) in [5.41, 5.74) is 1.09. The molecule has 1 atom stereocenters. The lowest BCUT2D eigenvalue weighted by atomic mass is 10.1. The van der Waals surface area contributed by atoms with Gasteiger partial charge in [0.15, 0.2) is 0 Å². The van der Waals surface area contributed by atoms with E-state index in [0.29, 0.717) is 36.8 Å². The fraction of sp³-hybridized carbons (Fsp3) is 0.450. The molecule has 2 amide bonds. The van der Waals surface area contributed by atoms with Crippen LogP contribution in [0.5, 0.6) is 0 Å². The van der Waals surface area contributed by atoms with Crippen molar-refractivity contribution >= 4 is 23.4 Å². The molecule has 0 unspecified atom stereocenters. The molecule has 4 rings (SSSR count). The van der Waals surface area contributed by atoms with Crippen LogP contribution in [0.3, 0.4) is 0 Å². The van der Waals surface area contributed by atoms with Crippen molar-refractivity contribution in [3.8, 4) is 0 Å². The van der Waals surface area contributed by atoms with Crippen molar-refractivity contribution in [3.05, 3.63) is 52.7 Å². The molecule has 1 aromatic carbocycles. The van der Waals surface area contributed by atoms with Crippen LogP contribution in [-0.4, -0.2) is 46.2 Å². The normalized spacial score (nSPS) is 19.9. The van der Waals surface area contributed by atoms with E-state index in [2.05, 4.69) is 4.98 Å². The number of carbonyl (C=O) groups is 2. The van der Waals surface area contributed by atoms with Gasteiger partial charge >= 0.3 is 0 Å². The Bertz CT molecular complexity index is 833. The number of carbonyl (C=O) groups excluding carboxylic acids is 2. The van der Waals surface area contributed by atoms with E-state index in [1.165, 1.54) is 0 Å². The number of halogens is 1. The molecule has 2 aliphatic rings. The lowest BCUT2D eigenvalue weighted by Crippen LogP contribution is -2.40. The van der Waals surface area contributed by atoms with Crippen molar-refractivity contribution in [2.75, 3.05) is 19.6 Å². The second kappa shape index (κ2) is 7.72. The molecule has 142 valence electrons.